The van der Waals surface area contributed by atoms with Gasteiger partial charge in [0, 0.05) is 18.6 Å². The van der Waals surface area contributed by atoms with Crippen LogP contribution in [-0.2, 0) is 14.3 Å². The van der Waals surface area contributed by atoms with Gasteiger partial charge in [0.2, 0.25) is 0 Å². The fourth-order valence-corrected chi connectivity index (χ4v) is 1.06. The molecule has 3 heteroatoms. The van der Waals surface area contributed by atoms with Gasteiger partial charge < -0.3 is 9.47 Å². The summed E-state index contributed by atoms with van der Waals surface area (Å²) in [7, 11) is 1.36. The Kier molecular flexibility index (Phi) is 6.24. The molecule has 0 radical (unpaired) electrons. The van der Waals surface area contributed by atoms with E-state index in [2.05, 4.69) is 11.3 Å². The molecule has 0 saturated carbocycles. The van der Waals surface area contributed by atoms with E-state index in [4.69, 9.17) is 4.74 Å². The van der Waals surface area contributed by atoms with Gasteiger partial charge in [-0.05, 0) is 13.3 Å². The number of ether oxygens (including phenoxy) is 2. The molecule has 0 aromatic rings. The monoisotopic (exact) mass is 186 g/mol. The normalized spacial score (nSPS) is 12.2. The molecule has 0 bridgehead atoms. The average molecular weight is 186 g/mol. The van der Waals surface area contributed by atoms with Gasteiger partial charge in [-0.3, -0.25) is 0 Å². The zero-order valence-corrected chi connectivity index (χ0v) is 8.63. The molecule has 0 aliphatic rings. The highest BCUT2D eigenvalue weighted by Crippen LogP contribution is 2.11. The predicted molar refractivity (Wildman–Crippen MR) is 51.5 cm³/mol. The summed E-state index contributed by atoms with van der Waals surface area (Å²) < 4.78 is 9.93. The summed E-state index contributed by atoms with van der Waals surface area (Å²) >= 11 is 0. The highest BCUT2D eigenvalue weighted by molar-refractivity contribution is 5.87. The van der Waals surface area contributed by atoms with Gasteiger partial charge in [0.15, 0.2) is 0 Å². The first-order valence-corrected chi connectivity index (χ1v) is 4.53. The molecule has 13 heavy (non-hydrogen) atoms. The van der Waals surface area contributed by atoms with E-state index in [9.17, 15) is 4.79 Å². The van der Waals surface area contributed by atoms with Gasteiger partial charge in [-0.25, -0.2) is 4.79 Å². The largest absolute Gasteiger partial charge is 0.466 e. The molecule has 0 aromatic heterocycles. The minimum Gasteiger partial charge on any atom is -0.466 e. The van der Waals surface area contributed by atoms with E-state index in [0.717, 1.165) is 6.42 Å². The van der Waals surface area contributed by atoms with Crippen LogP contribution < -0.4 is 0 Å². The van der Waals surface area contributed by atoms with E-state index < -0.39 is 0 Å². The Hall–Kier alpha value is -0.830. The van der Waals surface area contributed by atoms with Crippen molar-refractivity contribution >= 4 is 5.97 Å². The van der Waals surface area contributed by atoms with Gasteiger partial charge in [0.1, 0.15) is 0 Å². The summed E-state index contributed by atoms with van der Waals surface area (Å²) in [6.45, 7) is 8.25. The number of methoxy groups -OCH3 is 1. The minimum absolute atomic E-state index is 0.0802. The third kappa shape index (κ3) is 4.68. The second-order valence-electron chi connectivity index (χ2n) is 2.78. The van der Waals surface area contributed by atoms with Gasteiger partial charge in [-0.1, -0.05) is 13.5 Å². The number of hydrogen-bond donors (Lipinski definition) is 0. The van der Waals surface area contributed by atoms with Crippen LogP contribution in [0.15, 0.2) is 12.2 Å². The van der Waals surface area contributed by atoms with Crippen LogP contribution >= 0.6 is 0 Å². The number of hydrogen-bond acceptors (Lipinski definition) is 3. The molecule has 0 rings (SSSR count). The third-order valence-electron chi connectivity index (χ3n) is 1.81. The maximum absolute atomic E-state index is 11.0. The van der Waals surface area contributed by atoms with Crippen molar-refractivity contribution in [1.82, 2.24) is 0 Å². The average Bonchev–Trinajstić information content (AvgIpc) is 2.15. The van der Waals surface area contributed by atoms with E-state index in [-0.39, 0.29) is 12.1 Å². The van der Waals surface area contributed by atoms with Crippen molar-refractivity contribution in [3.63, 3.8) is 0 Å². The second kappa shape index (κ2) is 6.66. The zero-order valence-electron chi connectivity index (χ0n) is 8.63. The molecule has 0 aliphatic heterocycles. The van der Waals surface area contributed by atoms with Crippen LogP contribution in [0.2, 0.25) is 0 Å². The highest BCUT2D eigenvalue weighted by Gasteiger charge is 2.13. The first kappa shape index (κ1) is 12.2. The van der Waals surface area contributed by atoms with Gasteiger partial charge in [0.05, 0.1) is 13.2 Å². The smallest absolute Gasteiger partial charge is 0.333 e. The Bertz CT molecular complexity index is 175. The molecule has 76 valence electrons. The van der Waals surface area contributed by atoms with Crippen LogP contribution in [-0.4, -0.2) is 25.8 Å². The van der Waals surface area contributed by atoms with Gasteiger partial charge in [-0.2, -0.15) is 0 Å². The van der Waals surface area contributed by atoms with Crippen LogP contribution in [0.5, 0.6) is 0 Å². The SMILES string of the molecule is C=C(CC(CC)OCC)C(=O)OC. The third-order valence-corrected chi connectivity index (χ3v) is 1.81. The van der Waals surface area contributed by atoms with Crippen LogP contribution in [0.25, 0.3) is 0 Å². The molecule has 0 fully saturated rings. The number of carbonyl (C=O) groups is 1. The molecule has 0 saturated heterocycles. The standard InChI is InChI=1S/C10H18O3/c1-5-9(13-6-2)7-8(3)10(11)12-4/h9H,3,5-7H2,1-2,4H3. The lowest BCUT2D eigenvalue weighted by atomic mass is 10.1. The highest BCUT2D eigenvalue weighted by atomic mass is 16.5. The lowest BCUT2D eigenvalue weighted by Gasteiger charge is -2.14. The molecule has 0 aromatic carbocycles. The first-order valence-electron chi connectivity index (χ1n) is 4.53. The summed E-state index contributed by atoms with van der Waals surface area (Å²) in [5.74, 6) is -0.349. The lowest BCUT2D eigenvalue weighted by Crippen LogP contribution is -2.16. The quantitative estimate of drug-likeness (QED) is 0.469. The summed E-state index contributed by atoms with van der Waals surface area (Å²) in [4.78, 5) is 11.0. The van der Waals surface area contributed by atoms with Crippen molar-refractivity contribution in [3.05, 3.63) is 12.2 Å². The van der Waals surface area contributed by atoms with Crippen LogP contribution in [0.1, 0.15) is 26.7 Å². The maximum Gasteiger partial charge on any atom is 0.333 e. The summed E-state index contributed by atoms with van der Waals surface area (Å²) in [6, 6.07) is 0. The summed E-state index contributed by atoms with van der Waals surface area (Å²) in [6.07, 6.45) is 1.51. The van der Waals surface area contributed by atoms with E-state index >= 15 is 0 Å². The second-order valence-corrected chi connectivity index (χ2v) is 2.78. The van der Waals surface area contributed by atoms with Crippen LogP contribution in [0.4, 0.5) is 0 Å². The first-order chi connectivity index (χ1) is 6.15. The van der Waals surface area contributed by atoms with Crippen molar-refractivity contribution in [2.75, 3.05) is 13.7 Å². The number of esters is 1. The number of carbonyl (C=O) groups excluding carboxylic acids is 1. The molecule has 3 nitrogen and oxygen atoms in total. The van der Waals surface area contributed by atoms with E-state index in [1.807, 2.05) is 13.8 Å². The molecular formula is C10H18O3. The van der Waals surface area contributed by atoms with Gasteiger partial charge >= 0.3 is 5.97 Å². The van der Waals surface area contributed by atoms with Gasteiger partial charge in [0.25, 0.3) is 0 Å². The van der Waals surface area contributed by atoms with Crippen LogP contribution in [0, 0.1) is 0 Å². The fourth-order valence-electron chi connectivity index (χ4n) is 1.06. The van der Waals surface area contributed by atoms with E-state index in [0.29, 0.717) is 18.6 Å². The topological polar surface area (TPSA) is 35.5 Å². The van der Waals surface area contributed by atoms with Crippen molar-refractivity contribution in [2.24, 2.45) is 0 Å². The van der Waals surface area contributed by atoms with E-state index in [1.165, 1.54) is 7.11 Å². The molecular weight excluding hydrogens is 168 g/mol. The Balaban J connectivity index is 3.93. The zero-order chi connectivity index (χ0) is 10.3. The minimum atomic E-state index is -0.349. The van der Waals surface area contributed by atoms with Crippen molar-refractivity contribution in [2.45, 2.75) is 32.8 Å². The molecule has 0 amide bonds. The van der Waals surface area contributed by atoms with Crippen molar-refractivity contribution in [1.29, 1.82) is 0 Å². The molecule has 0 N–H and O–H groups in total. The molecule has 1 atom stereocenters. The molecule has 0 spiro atoms. The van der Waals surface area contributed by atoms with Crippen molar-refractivity contribution < 1.29 is 14.3 Å². The van der Waals surface area contributed by atoms with E-state index in [1.54, 1.807) is 0 Å². The number of rotatable bonds is 6. The van der Waals surface area contributed by atoms with Crippen molar-refractivity contribution in [3.8, 4) is 0 Å². The lowest BCUT2D eigenvalue weighted by molar-refractivity contribution is -0.136. The maximum atomic E-state index is 11.0. The molecule has 0 aliphatic carbocycles. The Morgan fingerprint density at radius 3 is 2.46 bits per heavy atom. The molecule has 1 unspecified atom stereocenters. The molecule has 0 heterocycles. The van der Waals surface area contributed by atoms with Gasteiger partial charge in [-0.15, -0.1) is 0 Å². The van der Waals surface area contributed by atoms with Crippen LogP contribution in [0.3, 0.4) is 0 Å². The summed E-state index contributed by atoms with van der Waals surface area (Å²) in [5, 5.41) is 0. The Morgan fingerprint density at radius 2 is 2.08 bits per heavy atom. The summed E-state index contributed by atoms with van der Waals surface area (Å²) in [5.41, 5.74) is 0.475. The Morgan fingerprint density at radius 1 is 1.46 bits per heavy atom. The predicted octanol–water partition coefficient (Wildman–Crippen LogP) is 1.92. The Labute approximate surface area is 79.7 Å². The fraction of sp³-hybridized carbons (Fsp3) is 0.700.